The van der Waals surface area contributed by atoms with Gasteiger partial charge in [0.15, 0.2) is 0 Å². The summed E-state index contributed by atoms with van der Waals surface area (Å²) in [5, 5.41) is 11.6. The van der Waals surface area contributed by atoms with E-state index >= 15 is 0 Å². The Morgan fingerprint density at radius 1 is 1.04 bits per heavy atom. The molecule has 7 nitrogen and oxygen atoms in total. The van der Waals surface area contributed by atoms with Crippen LogP contribution in [0.15, 0.2) is 48.5 Å². The molecule has 27 heavy (non-hydrogen) atoms. The monoisotopic (exact) mass is 370 g/mol. The molecule has 138 valence electrons. The molecule has 0 radical (unpaired) electrons. The Balaban J connectivity index is 1.68. The van der Waals surface area contributed by atoms with Gasteiger partial charge in [0.05, 0.1) is 11.1 Å². The highest BCUT2D eigenvalue weighted by Crippen LogP contribution is 2.21. The number of rotatable bonds is 6. The predicted octanol–water partition coefficient (Wildman–Crippen LogP) is 1.23. The van der Waals surface area contributed by atoms with Crippen molar-refractivity contribution in [3.05, 3.63) is 71.0 Å². The summed E-state index contributed by atoms with van der Waals surface area (Å²) in [5.41, 5.74) is 0.790. The molecule has 2 aromatic rings. The minimum Gasteiger partial charge on any atom is -0.480 e. The molecule has 0 saturated carbocycles. The van der Waals surface area contributed by atoms with Crippen molar-refractivity contribution >= 4 is 23.7 Å². The number of amides is 3. The molecule has 0 fully saturated rings. The molecular formula is C19H15FN2O5. The highest BCUT2D eigenvalue weighted by molar-refractivity contribution is 6.22. The SMILES string of the molecule is O=C(CN1C(=O)c2ccccc2C1=O)NC(Cc1cccc(F)c1)C(=O)O. The van der Waals surface area contributed by atoms with Crippen LogP contribution in [0.1, 0.15) is 26.3 Å². The van der Waals surface area contributed by atoms with Crippen molar-refractivity contribution < 1.29 is 28.7 Å². The fourth-order valence-electron chi connectivity index (χ4n) is 2.87. The summed E-state index contributed by atoms with van der Waals surface area (Å²) in [7, 11) is 0. The largest absolute Gasteiger partial charge is 0.480 e. The van der Waals surface area contributed by atoms with Gasteiger partial charge < -0.3 is 10.4 Å². The molecule has 0 aliphatic carbocycles. The zero-order valence-electron chi connectivity index (χ0n) is 14.0. The number of carbonyl (C=O) groups excluding carboxylic acids is 3. The summed E-state index contributed by atoms with van der Waals surface area (Å²) < 4.78 is 13.3. The summed E-state index contributed by atoms with van der Waals surface area (Å²) >= 11 is 0. The van der Waals surface area contributed by atoms with Gasteiger partial charge in [0.2, 0.25) is 5.91 Å². The van der Waals surface area contributed by atoms with E-state index < -0.39 is 42.1 Å². The van der Waals surface area contributed by atoms with Gasteiger partial charge in [-0.3, -0.25) is 19.3 Å². The lowest BCUT2D eigenvalue weighted by molar-refractivity contribution is -0.141. The smallest absolute Gasteiger partial charge is 0.326 e. The first-order valence-electron chi connectivity index (χ1n) is 8.08. The highest BCUT2D eigenvalue weighted by Gasteiger charge is 2.36. The van der Waals surface area contributed by atoms with E-state index in [1.165, 1.54) is 36.4 Å². The van der Waals surface area contributed by atoms with Crippen LogP contribution in [0.25, 0.3) is 0 Å². The van der Waals surface area contributed by atoms with Crippen LogP contribution in [-0.2, 0) is 16.0 Å². The molecule has 1 aliphatic rings. The van der Waals surface area contributed by atoms with Gasteiger partial charge in [0.25, 0.3) is 11.8 Å². The molecule has 1 aliphatic heterocycles. The number of aliphatic carboxylic acids is 1. The van der Waals surface area contributed by atoms with Crippen LogP contribution in [-0.4, -0.2) is 46.3 Å². The zero-order chi connectivity index (χ0) is 19.6. The Morgan fingerprint density at radius 2 is 1.67 bits per heavy atom. The summed E-state index contributed by atoms with van der Waals surface area (Å²) in [6, 6.07) is 10.2. The first kappa shape index (κ1) is 18.2. The standard InChI is InChI=1S/C19H15FN2O5/c20-12-5-3-4-11(8-12)9-15(19(26)27)21-16(23)10-22-17(24)13-6-1-2-7-14(13)18(22)25/h1-8,15H,9-10H2,(H,21,23)(H,26,27). The number of carbonyl (C=O) groups is 4. The van der Waals surface area contributed by atoms with Gasteiger partial charge in [0.1, 0.15) is 18.4 Å². The van der Waals surface area contributed by atoms with Crippen LogP contribution in [0.4, 0.5) is 4.39 Å². The molecule has 1 heterocycles. The number of nitrogens with zero attached hydrogens (tertiary/aromatic N) is 1. The maximum atomic E-state index is 13.3. The number of nitrogens with one attached hydrogen (secondary N) is 1. The lowest BCUT2D eigenvalue weighted by Crippen LogP contribution is -2.47. The molecule has 0 bridgehead atoms. The summed E-state index contributed by atoms with van der Waals surface area (Å²) in [4.78, 5) is 48.9. The van der Waals surface area contributed by atoms with E-state index in [9.17, 15) is 28.7 Å². The Labute approximate surface area is 153 Å². The summed E-state index contributed by atoms with van der Waals surface area (Å²) in [6.45, 7) is -0.598. The van der Waals surface area contributed by atoms with Crippen LogP contribution >= 0.6 is 0 Å². The van der Waals surface area contributed by atoms with Crippen LogP contribution in [0.3, 0.4) is 0 Å². The molecule has 3 amide bonds. The molecule has 1 atom stereocenters. The Morgan fingerprint density at radius 3 is 2.22 bits per heavy atom. The van der Waals surface area contributed by atoms with Crippen molar-refractivity contribution in [1.29, 1.82) is 0 Å². The maximum Gasteiger partial charge on any atom is 0.326 e. The minimum absolute atomic E-state index is 0.138. The molecule has 2 aromatic carbocycles. The van der Waals surface area contributed by atoms with E-state index in [1.54, 1.807) is 12.1 Å². The third-order valence-corrected chi connectivity index (χ3v) is 4.14. The predicted molar refractivity (Wildman–Crippen MR) is 91.5 cm³/mol. The molecule has 1 unspecified atom stereocenters. The van der Waals surface area contributed by atoms with Crippen LogP contribution < -0.4 is 5.32 Å². The van der Waals surface area contributed by atoms with Crippen LogP contribution in [0, 0.1) is 5.82 Å². The van der Waals surface area contributed by atoms with Crippen molar-refractivity contribution in [2.75, 3.05) is 6.54 Å². The number of imide groups is 1. The maximum absolute atomic E-state index is 13.3. The summed E-state index contributed by atoms with van der Waals surface area (Å²) in [5.74, 6) is -3.84. The molecule has 3 rings (SSSR count). The number of benzene rings is 2. The third-order valence-electron chi connectivity index (χ3n) is 4.14. The van der Waals surface area contributed by atoms with Gasteiger partial charge in [-0.15, -0.1) is 0 Å². The zero-order valence-corrected chi connectivity index (χ0v) is 14.0. The second-order valence-electron chi connectivity index (χ2n) is 6.03. The van der Waals surface area contributed by atoms with E-state index in [0.717, 1.165) is 4.90 Å². The van der Waals surface area contributed by atoms with Crippen molar-refractivity contribution in [1.82, 2.24) is 10.2 Å². The molecule has 0 saturated heterocycles. The number of fused-ring (bicyclic) bond motifs is 1. The number of hydrogen-bond acceptors (Lipinski definition) is 4. The Kier molecular flexibility index (Phi) is 4.98. The average molecular weight is 370 g/mol. The van der Waals surface area contributed by atoms with Crippen molar-refractivity contribution in [2.45, 2.75) is 12.5 Å². The third kappa shape index (κ3) is 3.84. The molecule has 8 heteroatoms. The van der Waals surface area contributed by atoms with Gasteiger partial charge >= 0.3 is 5.97 Å². The van der Waals surface area contributed by atoms with Crippen LogP contribution in [0.2, 0.25) is 0 Å². The number of hydrogen-bond donors (Lipinski definition) is 2. The second kappa shape index (κ2) is 7.36. The van der Waals surface area contributed by atoms with E-state index in [-0.39, 0.29) is 17.5 Å². The van der Waals surface area contributed by atoms with Crippen molar-refractivity contribution in [3.8, 4) is 0 Å². The lowest BCUT2D eigenvalue weighted by atomic mass is 10.1. The quantitative estimate of drug-likeness (QED) is 0.745. The molecule has 0 spiro atoms. The molecule has 2 N–H and O–H groups in total. The fourth-order valence-corrected chi connectivity index (χ4v) is 2.87. The average Bonchev–Trinajstić information content (AvgIpc) is 2.86. The van der Waals surface area contributed by atoms with E-state index in [0.29, 0.717) is 5.56 Å². The summed E-state index contributed by atoms with van der Waals surface area (Å²) in [6.07, 6.45) is -0.138. The Bertz CT molecular complexity index is 908. The van der Waals surface area contributed by atoms with Gasteiger partial charge in [-0.25, -0.2) is 9.18 Å². The normalized spacial score (nSPS) is 14.0. The Hall–Kier alpha value is -3.55. The second-order valence-corrected chi connectivity index (χ2v) is 6.03. The van der Waals surface area contributed by atoms with Crippen molar-refractivity contribution in [2.24, 2.45) is 0 Å². The topological polar surface area (TPSA) is 104 Å². The van der Waals surface area contributed by atoms with E-state index in [4.69, 9.17) is 0 Å². The van der Waals surface area contributed by atoms with Gasteiger partial charge in [-0.05, 0) is 29.8 Å². The molecular weight excluding hydrogens is 355 g/mol. The first-order chi connectivity index (χ1) is 12.9. The van der Waals surface area contributed by atoms with Gasteiger partial charge in [-0.1, -0.05) is 24.3 Å². The van der Waals surface area contributed by atoms with E-state index in [1.807, 2.05) is 0 Å². The lowest BCUT2D eigenvalue weighted by Gasteiger charge is -2.18. The highest BCUT2D eigenvalue weighted by atomic mass is 19.1. The molecule has 0 aromatic heterocycles. The van der Waals surface area contributed by atoms with Crippen molar-refractivity contribution in [3.63, 3.8) is 0 Å². The number of carboxylic acids is 1. The van der Waals surface area contributed by atoms with E-state index in [2.05, 4.69) is 5.32 Å². The minimum atomic E-state index is -1.32. The fraction of sp³-hybridized carbons (Fsp3) is 0.158. The van der Waals surface area contributed by atoms with Gasteiger partial charge in [-0.2, -0.15) is 0 Å². The van der Waals surface area contributed by atoms with Crippen LogP contribution in [0.5, 0.6) is 0 Å². The number of halogens is 1. The van der Waals surface area contributed by atoms with Gasteiger partial charge in [0, 0.05) is 6.42 Å². The number of carboxylic acid groups (broad SMARTS) is 1. The first-order valence-corrected chi connectivity index (χ1v) is 8.08.